The number of likely N-dealkylation sites (tertiary alicyclic amines) is 1. The summed E-state index contributed by atoms with van der Waals surface area (Å²) in [4.78, 5) is 27.3. The van der Waals surface area contributed by atoms with Crippen molar-refractivity contribution in [3.05, 3.63) is 35.9 Å². The summed E-state index contributed by atoms with van der Waals surface area (Å²) in [5.74, 6) is 1.29. The molecule has 1 aromatic rings. The van der Waals surface area contributed by atoms with Crippen LogP contribution in [0.25, 0.3) is 0 Å². The third-order valence-corrected chi connectivity index (χ3v) is 6.17. The fourth-order valence-electron chi connectivity index (χ4n) is 4.42. The lowest BCUT2D eigenvalue weighted by atomic mass is 9.83. The molecule has 2 aliphatic heterocycles. The van der Waals surface area contributed by atoms with Crippen LogP contribution in [0.2, 0.25) is 0 Å². The first-order chi connectivity index (χ1) is 13.1. The zero-order valence-electron chi connectivity index (χ0n) is 16.5. The van der Waals surface area contributed by atoms with Crippen LogP contribution in [0.4, 0.5) is 0 Å². The SMILES string of the molecule is CC(CC(=O)N1CCCCC1CNC(=O)c1ccccc1)C1CCNCC1. The Morgan fingerprint density at radius 3 is 2.63 bits per heavy atom. The normalized spacial score (nSPS) is 22.3. The summed E-state index contributed by atoms with van der Waals surface area (Å²) < 4.78 is 0. The summed E-state index contributed by atoms with van der Waals surface area (Å²) in [6.07, 6.45) is 6.14. The van der Waals surface area contributed by atoms with E-state index in [4.69, 9.17) is 0 Å². The summed E-state index contributed by atoms with van der Waals surface area (Å²) in [5, 5.41) is 6.43. The zero-order valence-corrected chi connectivity index (χ0v) is 16.5. The van der Waals surface area contributed by atoms with Gasteiger partial charge < -0.3 is 15.5 Å². The second-order valence-electron chi connectivity index (χ2n) is 8.08. The van der Waals surface area contributed by atoms with Gasteiger partial charge in [0.2, 0.25) is 5.91 Å². The van der Waals surface area contributed by atoms with Gasteiger partial charge in [-0.3, -0.25) is 9.59 Å². The van der Waals surface area contributed by atoms with Crippen LogP contribution in [0, 0.1) is 11.8 Å². The number of hydrogen-bond acceptors (Lipinski definition) is 3. The first kappa shape index (κ1) is 19.9. The molecular formula is C22H33N3O2. The van der Waals surface area contributed by atoms with Crippen LogP contribution in [0.3, 0.4) is 0 Å². The minimum Gasteiger partial charge on any atom is -0.350 e. The maximum atomic E-state index is 13.0. The molecule has 2 heterocycles. The Hall–Kier alpha value is -1.88. The van der Waals surface area contributed by atoms with Gasteiger partial charge in [0.1, 0.15) is 0 Å². The van der Waals surface area contributed by atoms with E-state index >= 15 is 0 Å². The maximum Gasteiger partial charge on any atom is 0.251 e. The summed E-state index contributed by atoms with van der Waals surface area (Å²) in [6, 6.07) is 9.40. The average molecular weight is 372 g/mol. The van der Waals surface area contributed by atoms with Gasteiger partial charge in [-0.1, -0.05) is 25.1 Å². The van der Waals surface area contributed by atoms with Crippen molar-refractivity contribution in [2.75, 3.05) is 26.2 Å². The minimum atomic E-state index is -0.0587. The third-order valence-electron chi connectivity index (χ3n) is 6.17. The Kier molecular flexibility index (Phi) is 7.27. The Balaban J connectivity index is 1.52. The monoisotopic (exact) mass is 371 g/mol. The lowest BCUT2D eigenvalue weighted by molar-refractivity contribution is -0.136. The van der Waals surface area contributed by atoms with Crippen molar-refractivity contribution in [3.8, 4) is 0 Å². The van der Waals surface area contributed by atoms with Gasteiger partial charge in [0.15, 0.2) is 0 Å². The molecule has 5 heteroatoms. The number of amides is 2. The van der Waals surface area contributed by atoms with Crippen molar-refractivity contribution in [2.24, 2.45) is 11.8 Å². The van der Waals surface area contributed by atoms with Gasteiger partial charge in [0.05, 0.1) is 0 Å². The van der Waals surface area contributed by atoms with E-state index in [0.29, 0.717) is 30.4 Å². The molecule has 2 unspecified atom stereocenters. The van der Waals surface area contributed by atoms with Gasteiger partial charge in [0.25, 0.3) is 5.91 Å². The van der Waals surface area contributed by atoms with Gasteiger partial charge in [0, 0.05) is 31.1 Å². The molecule has 2 atom stereocenters. The van der Waals surface area contributed by atoms with Gasteiger partial charge in [-0.05, 0) is 69.2 Å². The van der Waals surface area contributed by atoms with E-state index in [-0.39, 0.29) is 17.9 Å². The molecule has 0 aromatic heterocycles. The van der Waals surface area contributed by atoms with Crippen LogP contribution >= 0.6 is 0 Å². The van der Waals surface area contributed by atoms with E-state index in [1.165, 1.54) is 12.8 Å². The molecule has 27 heavy (non-hydrogen) atoms. The van der Waals surface area contributed by atoms with Crippen LogP contribution in [-0.2, 0) is 4.79 Å². The Bertz CT molecular complexity index is 613. The highest BCUT2D eigenvalue weighted by molar-refractivity contribution is 5.94. The number of rotatable bonds is 6. The van der Waals surface area contributed by atoms with Crippen LogP contribution in [-0.4, -0.2) is 48.9 Å². The topological polar surface area (TPSA) is 61.4 Å². The summed E-state index contributed by atoms with van der Waals surface area (Å²) in [6.45, 7) is 5.73. The van der Waals surface area contributed by atoms with E-state index in [9.17, 15) is 9.59 Å². The number of benzene rings is 1. The molecule has 2 fully saturated rings. The van der Waals surface area contributed by atoms with Gasteiger partial charge in [-0.15, -0.1) is 0 Å². The molecule has 3 rings (SSSR count). The smallest absolute Gasteiger partial charge is 0.251 e. The molecule has 0 radical (unpaired) electrons. The quantitative estimate of drug-likeness (QED) is 0.808. The molecule has 0 saturated carbocycles. The molecule has 148 valence electrons. The lowest BCUT2D eigenvalue weighted by Gasteiger charge is -2.37. The highest BCUT2D eigenvalue weighted by Gasteiger charge is 2.30. The fraction of sp³-hybridized carbons (Fsp3) is 0.636. The van der Waals surface area contributed by atoms with E-state index in [1.54, 1.807) is 0 Å². The fourth-order valence-corrected chi connectivity index (χ4v) is 4.42. The number of hydrogen-bond donors (Lipinski definition) is 2. The van der Waals surface area contributed by atoms with Crippen LogP contribution in [0.1, 0.15) is 55.8 Å². The molecule has 2 amide bonds. The molecule has 5 nitrogen and oxygen atoms in total. The summed E-state index contributed by atoms with van der Waals surface area (Å²) in [7, 11) is 0. The van der Waals surface area contributed by atoms with Crippen molar-refractivity contribution < 1.29 is 9.59 Å². The van der Waals surface area contributed by atoms with E-state index in [1.807, 2.05) is 35.2 Å². The standard InChI is InChI=1S/C22H33N3O2/c1-17(18-10-12-23-13-11-18)15-21(26)25-14-6-5-9-20(25)16-24-22(27)19-7-3-2-4-8-19/h2-4,7-8,17-18,20,23H,5-6,9-16H2,1H3,(H,24,27). The van der Waals surface area contributed by atoms with Gasteiger partial charge in [-0.25, -0.2) is 0 Å². The van der Waals surface area contributed by atoms with Gasteiger partial charge >= 0.3 is 0 Å². The molecule has 2 N–H and O–H groups in total. The van der Waals surface area contributed by atoms with Crippen molar-refractivity contribution in [1.29, 1.82) is 0 Å². The number of nitrogens with zero attached hydrogens (tertiary/aromatic N) is 1. The van der Waals surface area contributed by atoms with Crippen LogP contribution < -0.4 is 10.6 Å². The van der Waals surface area contributed by atoms with E-state index in [2.05, 4.69) is 17.6 Å². The highest BCUT2D eigenvalue weighted by Crippen LogP contribution is 2.26. The molecule has 0 spiro atoms. The second-order valence-corrected chi connectivity index (χ2v) is 8.08. The molecule has 0 bridgehead atoms. The first-order valence-electron chi connectivity index (χ1n) is 10.5. The predicted octanol–water partition coefficient (Wildman–Crippen LogP) is 2.82. The van der Waals surface area contributed by atoms with E-state index < -0.39 is 0 Å². The largest absolute Gasteiger partial charge is 0.350 e. The molecule has 2 aliphatic rings. The van der Waals surface area contributed by atoms with Crippen molar-refractivity contribution in [2.45, 2.75) is 51.5 Å². The zero-order chi connectivity index (χ0) is 19.1. The maximum absolute atomic E-state index is 13.0. The van der Waals surface area contributed by atoms with Crippen LogP contribution in [0.15, 0.2) is 30.3 Å². The Morgan fingerprint density at radius 2 is 1.89 bits per heavy atom. The number of piperidine rings is 2. The van der Waals surface area contributed by atoms with Crippen molar-refractivity contribution in [3.63, 3.8) is 0 Å². The summed E-state index contributed by atoms with van der Waals surface area (Å²) in [5.41, 5.74) is 0.672. The second kappa shape index (κ2) is 9.88. The molecule has 2 saturated heterocycles. The predicted molar refractivity (Wildman–Crippen MR) is 108 cm³/mol. The average Bonchev–Trinajstić information content (AvgIpc) is 2.73. The summed E-state index contributed by atoms with van der Waals surface area (Å²) >= 11 is 0. The Labute approximate surface area is 162 Å². The van der Waals surface area contributed by atoms with Crippen molar-refractivity contribution in [1.82, 2.24) is 15.5 Å². The van der Waals surface area contributed by atoms with Gasteiger partial charge in [-0.2, -0.15) is 0 Å². The van der Waals surface area contributed by atoms with Crippen LogP contribution in [0.5, 0.6) is 0 Å². The highest BCUT2D eigenvalue weighted by atomic mass is 16.2. The third kappa shape index (κ3) is 5.55. The number of carbonyl (C=O) groups is 2. The van der Waals surface area contributed by atoms with Crippen molar-refractivity contribution >= 4 is 11.8 Å². The van der Waals surface area contributed by atoms with E-state index in [0.717, 1.165) is 38.9 Å². The molecule has 1 aromatic carbocycles. The number of nitrogens with one attached hydrogen (secondary N) is 2. The Morgan fingerprint density at radius 1 is 1.15 bits per heavy atom. The lowest BCUT2D eigenvalue weighted by Crippen LogP contribution is -2.50. The first-order valence-corrected chi connectivity index (χ1v) is 10.5. The molecule has 0 aliphatic carbocycles. The molecular weight excluding hydrogens is 338 g/mol. The number of carbonyl (C=O) groups excluding carboxylic acids is 2. The minimum absolute atomic E-state index is 0.0587.